The fourth-order valence-electron chi connectivity index (χ4n) is 4.24. The van der Waals surface area contributed by atoms with Crippen LogP contribution in [0, 0.1) is 5.92 Å². The SMILES string of the molecule is O=C(NC[C@@H]1CCCN2CCCC[C@@H]12)c1cc2ccc(Cl)cc2s1. The number of halogens is 1. The third-order valence-corrected chi connectivity index (χ3v) is 6.79. The van der Waals surface area contributed by atoms with Gasteiger partial charge in [0.2, 0.25) is 0 Å². The standard InChI is InChI=1S/C19H23ClN2OS/c20-15-7-6-13-10-18(24-17(13)11-15)19(23)21-12-14-4-3-9-22-8-2-1-5-16(14)22/h6-7,10-11,14,16H,1-5,8-9,12H2,(H,21,23)/t14-,16-/m0/s1. The lowest BCUT2D eigenvalue weighted by Gasteiger charge is -2.44. The molecule has 1 aromatic heterocycles. The summed E-state index contributed by atoms with van der Waals surface area (Å²) in [4.78, 5) is 16.0. The third kappa shape index (κ3) is 3.32. The summed E-state index contributed by atoms with van der Waals surface area (Å²) in [5.41, 5.74) is 0. The molecule has 1 aromatic carbocycles. The maximum Gasteiger partial charge on any atom is 0.261 e. The number of carbonyl (C=O) groups is 1. The number of nitrogens with zero attached hydrogens (tertiary/aromatic N) is 1. The van der Waals surface area contributed by atoms with E-state index in [1.807, 2.05) is 24.3 Å². The first-order chi connectivity index (χ1) is 11.7. The number of thiophene rings is 1. The summed E-state index contributed by atoms with van der Waals surface area (Å²) < 4.78 is 1.07. The van der Waals surface area contributed by atoms with Crippen LogP contribution in [0.3, 0.4) is 0 Å². The van der Waals surface area contributed by atoms with E-state index in [1.165, 1.54) is 56.5 Å². The first-order valence-corrected chi connectivity index (χ1v) is 10.1. The Morgan fingerprint density at radius 2 is 2.08 bits per heavy atom. The first-order valence-electron chi connectivity index (χ1n) is 8.92. The van der Waals surface area contributed by atoms with Crippen LogP contribution in [0.4, 0.5) is 0 Å². The minimum absolute atomic E-state index is 0.0558. The number of nitrogens with one attached hydrogen (secondary N) is 1. The van der Waals surface area contributed by atoms with Crippen molar-refractivity contribution in [1.29, 1.82) is 0 Å². The lowest BCUT2D eigenvalue weighted by atomic mass is 9.83. The molecule has 5 heteroatoms. The Labute approximate surface area is 152 Å². The molecule has 3 heterocycles. The van der Waals surface area contributed by atoms with E-state index in [2.05, 4.69) is 10.2 Å². The Kier molecular flexibility index (Phi) is 4.79. The number of amides is 1. The quantitative estimate of drug-likeness (QED) is 0.868. The number of hydrogen-bond donors (Lipinski definition) is 1. The van der Waals surface area contributed by atoms with Gasteiger partial charge in [0, 0.05) is 22.3 Å². The Balaban J connectivity index is 1.41. The number of carbonyl (C=O) groups excluding carboxylic acids is 1. The minimum Gasteiger partial charge on any atom is -0.351 e. The number of piperidine rings is 2. The molecule has 1 N–H and O–H groups in total. The Hall–Kier alpha value is -1.10. The molecule has 3 nitrogen and oxygen atoms in total. The zero-order valence-corrected chi connectivity index (χ0v) is 15.3. The topological polar surface area (TPSA) is 32.3 Å². The Bertz CT molecular complexity index is 742. The van der Waals surface area contributed by atoms with Gasteiger partial charge in [0.25, 0.3) is 5.91 Å². The molecule has 0 radical (unpaired) electrons. The van der Waals surface area contributed by atoms with E-state index in [-0.39, 0.29) is 5.91 Å². The summed E-state index contributed by atoms with van der Waals surface area (Å²) in [7, 11) is 0. The molecular weight excluding hydrogens is 340 g/mol. The van der Waals surface area contributed by atoms with Crippen LogP contribution in [0.25, 0.3) is 10.1 Å². The molecule has 0 spiro atoms. The van der Waals surface area contributed by atoms with Crippen molar-refractivity contribution < 1.29 is 4.79 Å². The molecule has 1 amide bonds. The second-order valence-corrected chi connectivity index (χ2v) is 8.52. The van der Waals surface area contributed by atoms with E-state index in [0.29, 0.717) is 12.0 Å². The molecule has 2 fully saturated rings. The van der Waals surface area contributed by atoms with Crippen LogP contribution < -0.4 is 5.32 Å². The van der Waals surface area contributed by atoms with Gasteiger partial charge < -0.3 is 10.2 Å². The number of rotatable bonds is 3. The van der Waals surface area contributed by atoms with Crippen LogP contribution in [-0.4, -0.2) is 36.5 Å². The molecule has 0 aliphatic carbocycles. The maximum atomic E-state index is 12.6. The predicted molar refractivity (Wildman–Crippen MR) is 101 cm³/mol. The van der Waals surface area contributed by atoms with Crippen LogP contribution in [0.1, 0.15) is 41.8 Å². The Morgan fingerprint density at radius 3 is 3.00 bits per heavy atom. The van der Waals surface area contributed by atoms with E-state index in [0.717, 1.165) is 26.5 Å². The zero-order chi connectivity index (χ0) is 16.5. The zero-order valence-electron chi connectivity index (χ0n) is 13.8. The van der Waals surface area contributed by atoms with Crippen molar-refractivity contribution in [3.05, 3.63) is 34.2 Å². The van der Waals surface area contributed by atoms with Crippen molar-refractivity contribution in [2.75, 3.05) is 19.6 Å². The summed E-state index contributed by atoms with van der Waals surface area (Å²) in [6.07, 6.45) is 6.46. The summed E-state index contributed by atoms with van der Waals surface area (Å²) in [5, 5.41) is 5.00. The van der Waals surface area contributed by atoms with Gasteiger partial charge in [0.1, 0.15) is 0 Å². The largest absolute Gasteiger partial charge is 0.351 e. The highest BCUT2D eigenvalue weighted by molar-refractivity contribution is 7.20. The molecule has 24 heavy (non-hydrogen) atoms. The second kappa shape index (κ2) is 7.03. The van der Waals surface area contributed by atoms with Gasteiger partial charge in [0.15, 0.2) is 0 Å². The van der Waals surface area contributed by atoms with Crippen molar-refractivity contribution in [1.82, 2.24) is 10.2 Å². The van der Waals surface area contributed by atoms with E-state index in [1.54, 1.807) is 0 Å². The average molecular weight is 363 g/mol. The van der Waals surface area contributed by atoms with E-state index in [4.69, 9.17) is 11.6 Å². The van der Waals surface area contributed by atoms with Crippen LogP contribution in [-0.2, 0) is 0 Å². The number of benzene rings is 1. The number of hydrogen-bond acceptors (Lipinski definition) is 3. The average Bonchev–Trinajstić information content (AvgIpc) is 3.03. The van der Waals surface area contributed by atoms with Crippen LogP contribution in [0.15, 0.2) is 24.3 Å². The fraction of sp³-hybridized carbons (Fsp3) is 0.526. The fourth-order valence-corrected chi connectivity index (χ4v) is 5.50. The van der Waals surface area contributed by atoms with Gasteiger partial charge >= 0.3 is 0 Å². The van der Waals surface area contributed by atoms with Gasteiger partial charge in [-0.2, -0.15) is 0 Å². The third-order valence-electron chi connectivity index (χ3n) is 5.46. The van der Waals surface area contributed by atoms with Gasteiger partial charge in [0.05, 0.1) is 4.88 Å². The molecule has 2 saturated heterocycles. The molecule has 0 unspecified atom stereocenters. The van der Waals surface area contributed by atoms with Gasteiger partial charge in [-0.25, -0.2) is 0 Å². The molecule has 128 valence electrons. The predicted octanol–water partition coefficient (Wildman–Crippen LogP) is 4.55. The summed E-state index contributed by atoms with van der Waals surface area (Å²) in [5.74, 6) is 0.659. The van der Waals surface area contributed by atoms with Gasteiger partial charge in [-0.15, -0.1) is 11.3 Å². The van der Waals surface area contributed by atoms with Crippen LogP contribution in [0.5, 0.6) is 0 Å². The molecule has 2 aliphatic heterocycles. The molecule has 0 saturated carbocycles. The van der Waals surface area contributed by atoms with Crippen molar-refractivity contribution in [2.24, 2.45) is 5.92 Å². The highest BCUT2D eigenvalue weighted by atomic mass is 35.5. The normalized spacial score (nSPS) is 24.7. The first kappa shape index (κ1) is 16.4. The van der Waals surface area contributed by atoms with Crippen molar-refractivity contribution >= 4 is 38.9 Å². The minimum atomic E-state index is 0.0558. The molecule has 2 aromatic rings. The summed E-state index contributed by atoms with van der Waals surface area (Å²) in [6.45, 7) is 3.29. The molecule has 0 bridgehead atoms. The summed E-state index contributed by atoms with van der Waals surface area (Å²) >= 11 is 7.56. The van der Waals surface area contributed by atoms with Crippen LogP contribution >= 0.6 is 22.9 Å². The lowest BCUT2D eigenvalue weighted by Crippen LogP contribution is -2.50. The molecule has 2 atom stereocenters. The van der Waals surface area contributed by atoms with Crippen molar-refractivity contribution in [3.63, 3.8) is 0 Å². The van der Waals surface area contributed by atoms with E-state index >= 15 is 0 Å². The van der Waals surface area contributed by atoms with E-state index in [9.17, 15) is 4.79 Å². The van der Waals surface area contributed by atoms with Crippen molar-refractivity contribution in [3.8, 4) is 0 Å². The highest BCUT2D eigenvalue weighted by Crippen LogP contribution is 2.31. The lowest BCUT2D eigenvalue weighted by molar-refractivity contribution is 0.0576. The maximum absolute atomic E-state index is 12.6. The summed E-state index contributed by atoms with van der Waals surface area (Å²) in [6, 6.07) is 8.43. The smallest absolute Gasteiger partial charge is 0.261 e. The second-order valence-electron chi connectivity index (χ2n) is 7.00. The monoisotopic (exact) mass is 362 g/mol. The van der Waals surface area contributed by atoms with Gasteiger partial charge in [-0.05, 0) is 68.3 Å². The number of fused-ring (bicyclic) bond motifs is 2. The molecule has 4 rings (SSSR count). The molecular formula is C19H23ClN2OS. The van der Waals surface area contributed by atoms with Crippen molar-refractivity contribution in [2.45, 2.75) is 38.1 Å². The van der Waals surface area contributed by atoms with E-state index < -0.39 is 0 Å². The highest BCUT2D eigenvalue weighted by Gasteiger charge is 2.33. The Morgan fingerprint density at radius 1 is 1.21 bits per heavy atom. The van der Waals surface area contributed by atoms with Gasteiger partial charge in [-0.1, -0.05) is 24.1 Å². The molecule has 2 aliphatic rings. The van der Waals surface area contributed by atoms with Crippen LogP contribution in [0.2, 0.25) is 5.02 Å². The van der Waals surface area contributed by atoms with Gasteiger partial charge in [-0.3, -0.25) is 4.79 Å².